The Morgan fingerprint density at radius 3 is 2.71 bits per heavy atom. The van der Waals surface area contributed by atoms with Crippen LogP contribution < -0.4 is 10.1 Å². The van der Waals surface area contributed by atoms with Crippen LogP contribution in [-0.4, -0.2) is 53.6 Å². The largest absolute Gasteiger partial charge is 0.494 e. The van der Waals surface area contributed by atoms with Crippen molar-refractivity contribution in [1.82, 2.24) is 15.1 Å². The number of rotatable bonds is 7. The van der Waals surface area contributed by atoms with E-state index in [9.17, 15) is 9.59 Å². The van der Waals surface area contributed by atoms with Crippen LogP contribution in [0.3, 0.4) is 0 Å². The first-order valence-electron chi connectivity index (χ1n) is 7.19. The molecule has 1 aromatic heterocycles. The van der Waals surface area contributed by atoms with Gasteiger partial charge in [-0.1, -0.05) is 6.07 Å². The van der Waals surface area contributed by atoms with Crippen LogP contribution in [0.4, 0.5) is 0 Å². The molecule has 1 unspecified atom stereocenters. The Bertz CT molecular complexity index is 741. The van der Waals surface area contributed by atoms with Gasteiger partial charge in [-0.05, 0) is 30.7 Å². The number of ether oxygens (including phenoxy) is 2. The zero-order valence-electron chi connectivity index (χ0n) is 13.6. The molecule has 24 heavy (non-hydrogen) atoms. The number of carboxylic acids is 1. The lowest BCUT2D eigenvalue weighted by Gasteiger charge is -2.12. The molecule has 8 heteroatoms. The Morgan fingerprint density at radius 1 is 1.33 bits per heavy atom. The third-order valence-electron chi connectivity index (χ3n) is 3.34. The maximum absolute atomic E-state index is 12.2. The van der Waals surface area contributed by atoms with E-state index < -0.39 is 17.9 Å². The summed E-state index contributed by atoms with van der Waals surface area (Å²) >= 11 is 0. The monoisotopic (exact) mass is 333 g/mol. The van der Waals surface area contributed by atoms with Crippen molar-refractivity contribution in [2.45, 2.75) is 13.0 Å². The van der Waals surface area contributed by atoms with Crippen molar-refractivity contribution in [3.8, 4) is 11.4 Å². The molecule has 2 rings (SSSR count). The number of nitrogens with zero attached hydrogens (tertiary/aromatic N) is 2. The van der Waals surface area contributed by atoms with Crippen LogP contribution >= 0.6 is 0 Å². The molecule has 1 amide bonds. The van der Waals surface area contributed by atoms with Crippen molar-refractivity contribution >= 4 is 11.9 Å². The average molecular weight is 333 g/mol. The molecule has 0 aliphatic carbocycles. The first kappa shape index (κ1) is 17.5. The lowest BCUT2D eigenvalue weighted by molar-refractivity contribution is -0.140. The van der Waals surface area contributed by atoms with Crippen LogP contribution in [0.1, 0.15) is 16.1 Å². The van der Waals surface area contributed by atoms with Gasteiger partial charge in [0.2, 0.25) is 0 Å². The van der Waals surface area contributed by atoms with E-state index >= 15 is 0 Å². The number of carbonyl (C=O) groups excluding carboxylic acids is 1. The third kappa shape index (κ3) is 3.90. The lowest BCUT2D eigenvalue weighted by Crippen LogP contribution is -2.44. The molecule has 0 saturated carbocycles. The minimum Gasteiger partial charge on any atom is -0.494 e. The molecular formula is C16H19N3O5. The zero-order valence-corrected chi connectivity index (χ0v) is 13.6. The molecule has 0 spiro atoms. The number of aromatic nitrogens is 2. The van der Waals surface area contributed by atoms with Crippen LogP contribution in [0, 0.1) is 6.92 Å². The Balaban J connectivity index is 2.23. The minimum atomic E-state index is -1.18. The van der Waals surface area contributed by atoms with Crippen LogP contribution in [-0.2, 0) is 9.53 Å². The van der Waals surface area contributed by atoms with Crippen LogP contribution in [0.25, 0.3) is 5.69 Å². The van der Waals surface area contributed by atoms with Crippen LogP contribution in [0.15, 0.2) is 30.5 Å². The molecule has 0 bridgehead atoms. The number of methoxy groups -OCH3 is 2. The van der Waals surface area contributed by atoms with Gasteiger partial charge in [-0.15, -0.1) is 0 Å². The summed E-state index contributed by atoms with van der Waals surface area (Å²) in [6, 6.07) is 5.95. The highest BCUT2D eigenvalue weighted by atomic mass is 16.5. The number of carbonyl (C=O) groups is 2. The van der Waals surface area contributed by atoms with Crippen molar-refractivity contribution < 1.29 is 24.2 Å². The first-order valence-corrected chi connectivity index (χ1v) is 7.19. The highest BCUT2D eigenvalue weighted by molar-refractivity contribution is 5.95. The summed E-state index contributed by atoms with van der Waals surface area (Å²) in [6.45, 7) is 1.80. The Kier molecular flexibility index (Phi) is 5.54. The van der Waals surface area contributed by atoms with Crippen LogP contribution in [0.5, 0.6) is 5.75 Å². The van der Waals surface area contributed by atoms with E-state index in [4.69, 9.17) is 14.6 Å². The predicted molar refractivity (Wildman–Crippen MR) is 85.6 cm³/mol. The van der Waals surface area contributed by atoms with Gasteiger partial charge in [0.1, 0.15) is 11.4 Å². The number of aryl methyl sites for hydroxylation is 1. The smallest absolute Gasteiger partial charge is 0.328 e. The molecule has 8 nitrogen and oxygen atoms in total. The van der Waals surface area contributed by atoms with Gasteiger partial charge in [0.25, 0.3) is 5.91 Å². The van der Waals surface area contributed by atoms with E-state index in [1.165, 1.54) is 17.9 Å². The van der Waals surface area contributed by atoms with Gasteiger partial charge in [-0.3, -0.25) is 4.79 Å². The third-order valence-corrected chi connectivity index (χ3v) is 3.34. The Morgan fingerprint density at radius 2 is 2.08 bits per heavy atom. The summed E-state index contributed by atoms with van der Waals surface area (Å²) in [5.74, 6) is -1.16. The fourth-order valence-electron chi connectivity index (χ4n) is 2.13. The number of carboxylic acid groups (broad SMARTS) is 1. The van der Waals surface area contributed by atoms with E-state index in [1.807, 2.05) is 25.1 Å². The molecule has 1 aromatic carbocycles. The van der Waals surface area contributed by atoms with E-state index in [0.717, 1.165) is 5.56 Å². The van der Waals surface area contributed by atoms with Crippen molar-refractivity contribution in [3.05, 3.63) is 41.7 Å². The van der Waals surface area contributed by atoms with Gasteiger partial charge in [0.15, 0.2) is 11.7 Å². The quantitative estimate of drug-likeness (QED) is 0.784. The highest BCUT2D eigenvalue weighted by Gasteiger charge is 2.22. The number of nitrogens with one attached hydrogen (secondary N) is 1. The molecule has 0 aliphatic rings. The maximum Gasteiger partial charge on any atom is 0.328 e. The lowest BCUT2D eigenvalue weighted by atomic mass is 10.2. The summed E-state index contributed by atoms with van der Waals surface area (Å²) < 4.78 is 11.6. The molecule has 2 aromatic rings. The number of benzene rings is 1. The SMILES string of the molecule is COCC(NC(=O)c1ccn(-c2cc(C)ccc2OC)n1)C(=O)O. The predicted octanol–water partition coefficient (Wildman–Crippen LogP) is 1.02. The summed E-state index contributed by atoms with van der Waals surface area (Å²) in [4.78, 5) is 23.2. The second-order valence-electron chi connectivity index (χ2n) is 5.14. The van der Waals surface area contributed by atoms with Gasteiger partial charge < -0.3 is 19.9 Å². The second-order valence-corrected chi connectivity index (χ2v) is 5.14. The number of aliphatic carboxylic acids is 1. The molecule has 128 valence electrons. The fourth-order valence-corrected chi connectivity index (χ4v) is 2.13. The second kappa shape index (κ2) is 7.60. The van der Waals surface area contributed by atoms with E-state index in [1.54, 1.807) is 13.3 Å². The van der Waals surface area contributed by atoms with E-state index in [2.05, 4.69) is 10.4 Å². The summed E-state index contributed by atoms with van der Waals surface area (Å²) in [5, 5.41) is 15.6. The molecule has 1 atom stereocenters. The molecule has 2 N–H and O–H groups in total. The van der Waals surface area contributed by atoms with Crippen molar-refractivity contribution in [1.29, 1.82) is 0 Å². The summed E-state index contributed by atoms with van der Waals surface area (Å²) in [7, 11) is 2.91. The maximum atomic E-state index is 12.2. The van der Waals surface area contributed by atoms with Gasteiger partial charge in [0, 0.05) is 13.3 Å². The molecule has 0 saturated heterocycles. The van der Waals surface area contributed by atoms with Gasteiger partial charge in [-0.2, -0.15) is 5.10 Å². The number of amides is 1. The summed E-state index contributed by atoms with van der Waals surface area (Å²) in [5.41, 5.74) is 1.79. The standard InChI is InChI=1S/C16H19N3O5/c1-10-4-5-14(24-3)13(8-10)19-7-6-11(18-19)15(20)17-12(9-23-2)16(21)22/h4-8,12H,9H2,1-3H3,(H,17,20)(H,21,22). The molecular weight excluding hydrogens is 314 g/mol. The fraction of sp³-hybridized carbons (Fsp3) is 0.312. The van der Waals surface area contributed by atoms with E-state index in [0.29, 0.717) is 11.4 Å². The highest BCUT2D eigenvalue weighted by Crippen LogP contribution is 2.23. The number of hydrogen-bond acceptors (Lipinski definition) is 5. The first-order chi connectivity index (χ1) is 11.5. The van der Waals surface area contributed by atoms with Gasteiger partial charge in [0.05, 0.1) is 13.7 Å². The zero-order chi connectivity index (χ0) is 17.7. The molecule has 0 radical (unpaired) electrons. The molecule has 0 aliphatic heterocycles. The summed E-state index contributed by atoms with van der Waals surface area (Å²) in [6.07, 6.45) is 1.61. The Labute approximate surface area is 139 Å². The normalized spacial score (nSPS) is 11.8. The van der Waals surface area contributed by atoms with E-state index in [-0.39, 0.29) is 12.3 Å². The molecule has 1 heterocycles. The van der Waals surface area contributed by atoms with Crippen molar-refractivity contribution in [3.63, 3.8) is 0 Å². The van der Waals surface area contributed by atoms with Crippen LogP contribution in [0.2, 0.25) is 0 Å². The Hall–Kier alpha value is -2.87. The topological polar surface area (TPSA) is 103 Å². The van der Waals surface area contributed by atoms with Crippen molar-refractivity contribution in [2.75, 3.05) is 20.8 Å². The minimum absolute atomic E-state index is 0.0981. The van der Waals surface area contributed by atoms with Crippen molar-refractivity contribution in [2.24, 2.45) is 0 Å². The average Bonchev–Trinajstić information content (AvgIpc) is 3.04. The number of hydrogen-bond donors (Lipinski definition) is 2. The molecule has 0 fully saturated rings. The van der Waals surface area contributed by atoms with Gasteiger partial charge in [-0.25, -0.2) is 9.48 Å². The van der Waals surface area contributed by atoms with Gasteiger partial charge >= 0.3 is 5.97 Å².